The third-order valence-electron chi connectivity index (χ3n) is 5.91. The fraction of sp³-hybridized carbons (Fsp3) is 0.619. The molecule has 5 heteroatoms. The number of hydrogen-bond acceptors (Lipinski definition) is 2. The fourth-order valence-corrected chi connectivity index (χ4v) is 3.50. The van der Waals surface area contributed by atoms with Crippen molar-refractivity contribution >= 4 is 5.91 Å². The van der Waals surface area contributed by atoms with E-state index in [1.807, 2.05) is 27.7 Å². The number of aryl methyl sites for hydroxylation is 1. The van der Waals surface area contributed by atoms with Gasteiger partial charge < -0.3 is 15.1 Å². The lowest BCUT2D eigenvalue weighted by atomic mass is 9.89. The van der Waals surface area contributed by atoms with Crippen LogP contribution in [0.15, 0.2) is 24.3 Å². The molecule has 2 atom stereocenters. The number of carbonyl (C=O) groups excluding carboxylic acids is 1. The van der Waals surface area contributed by atoms with Crippen molar-refractivity contribution in [2.24, 2.45) is 5.92 Å². The minimum atomic E-state index is -0.803. The minimum absolute atomic E-state index is 0.0140. The number of nitrogens with one attached hydrogen (secondary N) is 3. The van der Waals surface area contributed by atoms with Gasteiger partial charge in [-0.05, 0) is 26.7 Å². The zero-order valence-corrected chi connectivity index (χ0v) is 16.9. The summed E-state index contributed by atoms with van der Waals surface area (Å²) in [5.41, 5.74) is 1.89. The highest BCUT2D eigenvalue weighted by molar-refractivity contribution is 5.81. The fourth-order valence-electron chi connectivity index (χ4n) is 3.50. The van der Waals surface area contributed by atoms with Gasteiger partial charge in [-0.25, -0.2) is 0 Å². The van der Waals surface area contributed by atoms with Gasteiger partial charge in [-0.1, -0.05) is 43.7 Å². The van der Waals surface area contributed by atoms with E-state index in [2.05, 4.69) is 42.6 Å². The normalized spacial score (nSPS) is 23.7. The first-order chi connectivity index (χ1) is 12.2. The van der Waals surface area contributed by atoms with Crippen LogP contribution < -0.4 is 15.1 Å². The first kappa shape index (κ1) is 20.4. The summed E-state index contributed by atoms with van der Waals surface area (Å²) in [7, 11) is 0. The van der Waals surface area contributed by atoms with Crippen LogP contribution in [0.5, 0.6) is 0 Å². The molecule has 0 aromatic heterocycles. The number of piperazine rings is 1. The molecular formula is C21H34N4O+2. The second kappa shape index (κ2) is 8.66. The molecule has 0 unspecified atom stereocenters. The van der Waals surface area contributed by atoms with Gasteiger partial charge in [-0.2, -0.15) is 5.26 Å². The van der Waals surface area contributed by atoms with Gasteiger partial charge in [0.05, 0.1) is 6.07 Å². The van der Waals surface area contributed by atoms with Gasteiger partial charge in [0.25, 0.3) is 5.91 Å². The number of nitrogens with zero attached hydrogens (tertiary/aromatic N) is 1. The summed E-state index contributed by atoms with van der Waals surface area (Å²) in [5, 5.41) is 12.4. The maximum Gasteiger partial charge on any atom is 0.279 e. The second-order valence-electron chi connectivity index (χ2n) is 8.25. The molecule has 1 aromatic rings. The summed E-state index contributed by atoms with van der Waals surface area (Å²) in [6, 6.07) is 10.9. The molecule has 26 heavy (non-hydrogen) atoms. The van der Waals surface area contributed by atoms with Crippen LogP contribution in [-0.4, -0.2) is 43.7 Å². The molecule has 1 heterocycles. The Balaban J connectivity index is 1.87. The monoisotopic (exact) mass is 358 g/mol. The highest BCUT2D eigenvalue weighted by atomic mass is 16.2. The van der Waals surface area contributed by atoms with Gasteiger partial charge in [-0.15, -0.1) is 0 Å². The summed E-state index contributed by atoms with van der Waals surface area (Å²) in [6.45, 7) is 15.0. The van der Waals surface area contributed by atoms with Gasteiger partial charge >= 0.3 is 0 Å². The number of nitriles is 1. The van der Waals surface area contributed by atoms with E-state index in [1.165, 1.54) is 16.0 Å². The van der Waals surface area contributed by atoms with Crippen molar-refractivity contribution in [2.45, 2.75) is 52.7 Å². The summed E-state index contributed by atoms with van der Waals surface area (Å²) < 4.78 is 0. The van der Waals surface area contributed by atoms with Crippen molar-refractivity contribution in [3.63, 3.8) is 0 Å². The average Bonchev–Trinajstić information content (AvgIpc) is 2.61. The van der Waals surface area contributed by atoms with E-state index in [0.717, 1.165) is 32.7 Å². The molecule has 1 aromatic carbocycles. The quantitative estimate of drug-likeness (QED) is 0.655. The van der Waals surface area contributed by atoms with E-state index in [-0.39, 0.29) is 17.9 Å². The molecule has 1 amide bonds. The Hall–Kier alpha value is -1.90. The zero-order chi connectivity index (χ0) is 19.3. The second-order valence-corrected chi connectivity index (χ2v) is 8.25. The van der Waals surface area contributed by atoms with Crippen LogP contribution in [0.25, 0.3) is 0 Å². The summed E-state index contributed by atoms with van der Waals surface area (Å²) in [6.07, 6.45) is 0. The maximum atomic E-state index is 12.6. The van der Waals surface area contributed by atoms with Crippen molar-refractivity contribution < 1.29 is 14.6 Å². The molecule has 2 rings (SSSR count). The number of hydrogen-bond donors (Lipinski definition) is 3. The first-order valence-corrected chi connectivity index (χ1v) is 9.72. The Morgan fingerprint density at radius 3 is 2.46 bits per heavy atom. The van der Waals surface area contributed by atoms with Crippen LogP contribution in [0.2, 0.25) is 0 Å². The predicted octanol–water partition coefficient (Wildman–Crippen LogP) is -0.279. The topological polar surface area (TPSA) is 61.8 Å². The highest BCUT2D eigenvalue weighted by Crippen LogP contribution is 2.14. The van der Waals surface area contributed by atoms with E-state index in [1.54, 1.807) is 4.90 Å². The van der Waals surface area contributed by atoms with E-state index in [9.17, 15) is 10.1 Å². The number of benzene rings is 1. The molecule has 0 spiro atoms. The molecule has 5 nitrogen and oxygen atoms in total. The lowest BCUT2D eigenvalue weighted by Gasteiger charge is -2.34. The Kier molecular flexibility index (Phi) is 6.80. The molecular weight excluding hydrogens is 324 g/mol. The Labute approximate surface area is 158 Å². The van der Waals surface area contributed by atoms with Gasteiger partial charge in [-0.3, -0.25) is 4.79 Å². The number of carbonyl (C=O) groups is 1. The third-order valence-corrected chi connectivity index (χ3v) is 5.91. The first-order valence-electron chi connectivity index (χ1n) is 9.72. The SMILES string of the molecule is Cc1cccc(C[NH+]2CC[NH+]([C@@H](C)C(=O)N[C@](C)(C#N)C(C)C)CC2)c1. The molecule has 3 N–H and O–H groups in total. The molecule has 0 aliphatic carbocycles. The van der Waals surface area contributed by atoms with E-state index in [4.69, 9.17) is 0 Å². The smallest absolute Gasteiger partial charge is 0.279 e. The molecule has 1 saturated heterocycles. The molecule has 0 saturated carbocycles. The van der Waals surface area contributed by atoms with Crippen molar-refractivity contribution in [2.75, 3.05) is 26.2 Å². The van der Waals surface area contributed by atoms with E-state index in [0.29, 0.717) is 0 Å². The molecule has 1 fully saturated rings. The largest absolute Gasteiger partial charge is 0.333 e. The summed E-state index contributed by atoms with van der Waals surface area (Å²) in [5.74, 6) is 0.0640. The summed E-state index contributed by atoms with van der Waals surface area (Å²) >= 11 is 0. The van der Waals surface area contributed by atoms with Gasteiger partial charge in [0.15, 0.2) is 6.04 Å². The van der Waals surface area contributed by atoms with Crippen LogP contribution in [0.4, 0.5) is 0 Å². The van der Waals surface area contributed by atoms with Gasteiger partial charge in [0.1, 0.15) is 38.3 Å². The Morgan fingerprint density at radius 2 is 1.92 bits per heavy atom. The Bertz CT molecular complexity index is 658. The Morgan fingerprint density at radius 1 is 1.27 bits per heavy atom. The summed E-state index contributed by atoms with van der Waals surface area (Å²) in [4.78, 5) is 15.5. The van der Waals surface area contributed by atoms with Crippen LogP contribution in [0.3, 0.4) is 0 Å². The third kappa shape index (κ3) is 5.06. The molecule has 1 aliphatic rings. The predicted molar refractivity (Wildman–Crippen MR) is 103 cm³/mol. The lowest BCUT2D eigenvalue weighted by Crippen LogP contribution is -3.29. The molecule has 142 valence electrons. The van der Waals surface area contributed by atoms with Crippen LogP contribution in [-0.2, 0) is 11.3 Å². The van der Waals surface area contributed by atoms with Crippen LogP contribution >= 0.6 is 0 Å². The van der Waals surface area contributed by atoms with Crippen molar-refractivity contribution in [1.29, 1.82) is 5.26 Å². The lowest BCUT2D eigenvalue weighted by molar-refractivity contribution is -1.02. The molecule has 1 aliphatic heterocycles. The minimum Gasteiger partial charge on any atom is -0.333 e. The van der Waals surface area contributed by atoms with Crippen molar-refractivity contribution in [3.05, 3.63) is 35.4 Å². The molecule has 0 radical (unpaired) electrons. The van der Waals surface area contributed by atoms with Crippen LogP contribution in [0, 0.1) is 24.2 Å². The van der Waals surface area contributed by atoms with Gasteiger partial charge in [0.2, 0.25) is 0 Å². The average molecular weight is 359 g/mol. The van der Waals surface area contributed by atoms with Crippen molar-refractivity contribution in [3.8, 4) is 6.07 Å². The number of rotatable bonds is 6. The van der Waals surface area contributed by atoms with E-state index < -0.39 is 5.54 Å². The molecule has 0 bridgehead atoms. The maximum absolute atomic E-state index is 12.6. The van der Waals surface area contributed by atoms with E-state index >= 15 is 0 Å². The van der Waals surface area contributed by atoms with Crippen LogP contribution in [0.1, 0.15) is 38.8 Å². The highest BCUT2D eigenvalue weighted by Gasteiger charge is 2.36. The zero-order valence-electron chi connectivity index (χ0n) is 16.9. The van der Waals surface area contributed by atoms with Crippen molar-refractivity contribution in [1.82, 2.24) is 5.32 Å². The standard InChI is InChI=1S/C21H32N4O/c1-16(2)21(5,15-22)23-20(26)18(4)25-11-9-24(10-12-25)14-19-8-6-7-17(3)13-19/h6-8,13,16,18H,9-12,14H2,1-5H3,(H,23,26)/p+2/t18-,21+/m0/s1. The number of amides is 1. The van der Waals surface area contributed by atoms with Gasteiger partial charge in [0, 0.05) is 5.56 Å². The number of quaternary nitrogens is 2.